The van der Waals surface area contributed by atoms with Crippen LogP contribution in [0, 0.1) is 0 Å². The van der Waals surface area contributed by atoms with Crippen LogP contribution in [0.3, 0.4) is 0 Å². The van der Waals surface area contributed by atoms with Crippen molar-refractivity contribution in [3.63, 3.8) is 0 Å². The standard InChI is InChI=1S/C12H19N5O2/c1-13-6-5-10-14-15-11(19-10)9-4-3-8-7-17(9)12(18)16(8)2/h8-9,13H,3-7H2,1-2H3/t8-,9+/m1/s1. The van der Waals surface area contributed by atoms with Gasteiger partial charge in [-0.05, 0) is 19.9 Å². The minimum absolute atomic E-state index is 0.0514. The maximum Gasteiger partial charge on any atom is 0.320 e. The van der Waals surface area contributed by atoms with Crippen LogP contribution in [0.15, 0.2) is 4.42 Å². The van der Waals surface area contributed by atoms with E-state index in [1.807, 2.05) is 23.9 Å². The molecule has 2 aliphatic rings. The molecule has 2 amide bonds. The third kappa shape index (κ3) is 2.07. The number of hydrogen-bond acceptors (Lipinski definition) is 5. The van der Waals surface area contributed by atoms with Gasteiger partial charge in [0.1, 0.15) is 6.04 Å². The van der Waals surface area contributed by atoms with Crippen LogP contribution in [0.4, 0.5) is 4.79 Å². The molecule has 7 heteroatoms. The predicted molar refractivity (Wildman–Crippen MR) is 67.6 cm³/mol. The number of hydrogen-bond donors (Lipinski definition) is 1. The van der Waals surface area contributed by atoms with Gasteiger partial charge in [0.15, 0.2) is 0 Å². The average molecular weight is 265 g/mol. The van der Waals surface area contributed by atoms with Crippen molar-refractivity contribution in [3.05, 3.63) is 11.8 Å². The molecule has 2 bridgehead atoms. The van der Waals surface area contributed by atoms with Crippen molar-refractivity contribution in [3.8, 4) is 0 Å². The molecule has 0 radical (unpaired) electrons. The number of nitrogens with one attached hydrogen (secondary N) is 1. The molecular weight excluding hydrogens is 246 g/mol. The molecule has 2 atom stereocenters. The van der Waals surface area contributed by atoms with E-state index in [-0.39, 0.29) is 12.1 Å². The lowest BCUT2D eigenvalue weighted by Crippen LogP contribution is -2.34. The summed E-state index contributed by atoms with van der Waals surface area (Å²) in [4.78, 5) is 15.8. The largest absolute Gasteiger partial charge is 0.423 e. The molecule has 1 aromatic heterocycles. The van der Waals surface area contributed by atoms with E-state index in [0.29, 0.717) is 24.2 Å². The first-order valence-electron chi connectivity index (χ1n) is 6.71. The highest BCUT2D eigenvalue weighted by atomic mass is 16.4. The van der Waals surface area contributed by atoms with Crippen LogP contribution < -0.4 is 5.32 Å². The lowest BCUT2D eigenvalue weighted by Gasteiger charge is -2.27. The van der Waals surface area contributed by atoms with E-state index in [0.717, 1.165) is 25.9 Å². The fourth-order valence-corrected chi connectivity index (χ4v) is 2.83. The fraction of sp³-hybridized carbons (Fsp3) is 0.750. The molecular formula is C12H19N5O2. The van der Waals surface area contributed by atoms with Gasteiger partial charge in [-0.15, -0.1) is 10.2 Å². The molecule has 3 rings (SSSR count). The summed E-state index contributed by atoms with van der Waals surface area (Å²) in [6.07, 6.45) is 2.61. The second-order valence-electron chi connectivity index (χ2n) is 5.18. The summed E-state index contributed by atoms with van der Waals surface area (Å²) in [5.74, 6) is 1.21. The SMILES string of the molecule is CNCCc1nnc([C@@H]2CC[C@@H]3CN2C(=O)N3C)o1. The number of fused-ring (bicyclic) bond motifs is 2. The van der Waals surface area contributed by atoms with E-state index in [1.54, 1.807) is 0 Å². The number of piperidine rings is 1. The first kappa shape index (κ1) is 12.4. The van der Waals surface area contributed by atoms with Crippen molar-refractivity contribution in [2.75, 3.05) is 27.2 Å². The number of amides is 2. The summed E-state index contributed by atoms with van der Waals surface area (Å²) in [6.45, 7) is 1.58. The van der Waals surface area contributed by atoms with E-state index in [4.69, 9.17) is 4.42 Å². The van der Waals surface area contributed by atoms with Gasteiger partial charge in [0, 0.05) is 26.6 Å². The minimum atomic E-state index is -0.0514. The van der Waals surface area contributed by atoms with Crippen LogP contribution in [-0.2, 0) is 6.42 Å². The molecule has 2 saturated heterocycles. The first-order chi connectivity index (χ1) is 9.20. The maximum atomic E-state index is 12.1. The molecule has 3 heterocycles. The Labute approximate surface area is 112 Å². The molecule has 1 N–H and O–H groups in total. The van der Waals surface area contributed by atoms with E-state index >= 15 is 0 Å². The highest BCUT2D eigenvalue weighted by Crippen LogP contribution is 2.36. The molecule has 0 spiro atoms. The van der Waals surface area contributed by atoms with E-state index in [2.05, 4.69) is 15.5 Å². The van der Waals surface area contributed by atoms with Crippen molar-refractivity contribution < 1.29 is 9.21 Å². The lowest BCUT2D eigenvalue weighted by atomic mass is 10.0. The van der Waals surface area contributed by atoms with Gasteiger partial charge in [-0.1, -0.05) is 0 Å². The smallest absolute Gasteiger partial charge is 0.320 e. The number of urea groups is 1. The second kappa shape index (κ2) is 4.80. The van der Waals surface area contributed by atoms with E-state index in [9.17, 15) is 4.79 Å². The number of rotatable bonds is 4. The summed E-state index contributed by atoms with van der Waals surface area (Å²) < 4.78 is 5.68. The monoisotopic (exact) mass is 265 g/mol. The highest BCUT2D eigenvalue weighted by Gasteiger charge is 2.44. The van der Waals surface area contributed by atoms with Crippen LogP contribution in [0.2, 0.25) is 0 Å². The number of carbonyl (C=O) groups is 1. The van der Waals surface area contributed by atoms with Gasteiger partial charge >= 0.3 is 6.03 Å². The number of nitrogens with zero attached hydrogens (tertiary/aromatic N) is 4. The molecule has 104 valence electrons. The van der Waals surface area contributed by atoms with Crippen molar-refractivity contribution in [2.45, 2.75) is 31.3 Å². The summed E-state index contributed by atoms with van der Waals surface area (Å²) in [7, 11) is 3.75. The van der Waals surface area contributed by atoms with E-state index in [1.165, 1.54) is 0 Å². The Morgan fingerprint density at radius 2 is 2.26 bits per heavy atom. The molecule has 7 nitrogen and oxygen atoms in total. The van der Waals surface area contributed by atoms with Gasteiger partial charge in [0.2, 0.25) is 11.8 Å². The summed E-state index contributed by atoms with van der Waals surface area (Å²) in [6, 6.07) is 0.363. The molecule has 2 aliphatic heterocycles. The molecule has 2 fully saturated rings. The Hall–Kier alpha value is -1.63. The van der Waals surface area contributed by atoms with Crippen LogP contribution >= 0.6 is 0 Å². The Morgan fingerprint density at radius 3 is 3.05 bits per heavy atom. The van der Waals surface area contributed by atoms with E-state index < -0.39 is 0 Å². The third-order valence-electron chi connectivity index (χ3n) is 4.01. The van der Waals surface area contributed by atoms with Crippen molar-refractivity contribution in [2.24, 2.45) is 0 Å². The quantitative estimate of drug-likeness (QED) is 0.853. The summed E-state index contributed by atoms with van der Waals surface area (Å²) >= 11 is 0. The number of carbonyl (C=O) groups excluding carboxylic acids is 1. The van der Waals surface area contributed by atoms with Gasteiger partial charge in [-0.2, -0.15) is 0 Å². The highest BCUT2D eigenvalue weighted by molar-refractivity contribution is 5.77. The fourth-order valence-electron chi connectivity index (χ4n) is 2.83. The number of aromatic nitrogens is 2. The zero-order valence-corrected chi connectivity index (χ0v) is 11.3. The van der Waals surface area contributed by atoms with Gasteiger partial charge < -0.3 is 19.5 Å². The third-order valence-corrected chi connectivity index (χ3v) is 4.01. The average Bonchev–Trinajstić information content (AvgIpc) is 2.98. The lowest BCUT2D eigenvalue weighted by molar-refractivity contribution is 0.166. The van der Waals surface area contributed by atoms with Crippen LogP contribution in [0.25, 0.3) is 0 Å². The van der Waals surface area contributed by atoms with Gasteiger partial charge in [-0.3, -0.25) is 0 Å². The van der Waals surface area contributed by atoms with Gasteiger partial charge in [0.05, 0.1) is 6.04 Å². The van der Waals surface area contributed by atoms with Crippen molar-refractivity contribution in [1.82, 2.24) is 25.3 Å². The minimum Gasteiger partial charge on any atom is -0.423 e. The maximum absolute atomic E-state index is 12.1. The van der Waals surface area contributed by atoms with Crippen LogP contribution in [-0.4, -0.2) is 59.3 Å². The normalized spacial score (nSPS) is 26.3. The summed E-state index contributed by atoms with van der Waals surface area (Å²) in [5, 5.41) is 11.2. The Balaban J connectivity index is 1.75. The molecule has 0 unspecified atom stereocenters. The molecule has 19 heavy (non-hydrogen) atoms. The predicted octanol–water partition coefficient (Wildman–Crippen LogP) is 0.402. The Kier molecular flexibility index (Phi) is 3.14. The topological polar surface area (TPSA) is 74.5 Å². The van der Waals surface area contributed by atoms with Crippen LogP contribution in [0.1, 0.15) is 30.7 Å². The first-order valence-corrected chi connectivity index (χ1v) is 6.71. The van der Waals surface area contributed by atoms with Crippen LogP contribution in [0.5, 0.6) is 0 Å². The molecule has 0 aliphatic carbocycles. The van der Waals surface area contributed by atoms with Crippen molar-refractivity contribution >= 4 is 6.03 Å². The second-order valence-corrected chi connectivity index (χ2v) is 5.18. The molecule has 0 aromatic carbocycles. The summed E-state index contributed by atoms with van der Waals surface area (Å²) in [5.41, 5.74) is 0. The van der Waals surface area contributed by atoms with Crippen molar-refractivity contribution in [1.29, 1.82) is 0 Å². The zero-order valence-electron chi connectivity index (χ0n) is 11.3. The Bertz CT molecular complexity index is 474. The Morgan fingerprint density at radius 1 is 1.42 bits per heavy atom. The van der Waals surface area contributed by atoms with Gasteiger partial charge in [-0.25, -0.2) is 4.79 Å². The zero-order chi connectivity index (χ0) is 13.4. The number of likely N-dealkylation sites (N-methyl/N-ethyl adjacent to an activating group) is 2. The molecule has 0 saturated carbocycles. The molecule has 1 aromatic rings. The van der Waals surface area contributed by atoms with Gasteiger partial charge in [0.25, 0.3) is 0 Å².